The van der Waals surface area contributed by atoms with Crippen molar-refractivity contribution in [3.05, 3.63) is 155 Å². The van der Waals surface area contributed by atoms with Gasteiger partial charge in [0.25, 0.3) is 0 Å². The predicted octanol–water partition coefficient (Wildman–Crippen LogP) is 5.51. The van der Waals surface area contributed by atoms with Crippen LogP contribution in [0.25, 0.3) is 0 Å². The minimum absolute atomic E-state index is 0.120. The summed E-state index contributed by atoms with van der Waals surface area (Å²) in [6.45, 7) is 15.2. The second-order valence-electron chi connectivity index (χ2n) is 22.2. The summed E-state index contributed by atoms with van der Waals surface area (Å²) in [6, 6.07) is 41.0. The van der Waals surface area contributed by atoms with Crippen molar-refractivity contribution in [2.45, 2.75) is 173 Å². The first kappa shape index (κ1) is 67.2. The Hall–Kier alpha value is -5.34. The third-order valence-electron chi connectivity index (χ3n) is 16.3. The molecule has 4 heterocycles. The summed E-state index contributed by atoms with van der Waals surface area (Å²) in [5.74, 6) is 2.70. The van der Waals surface area contributed by atoms with Gasteiger partial charge in [0.05, 0.1) is 51.8 Å². The highest BCUT2D eigenvalue weighted by atomic mass is 16.7. The Balaban J connectivity index is 0.000000267. The summed E-state index contributed by atoms with van der Waals surface area (Å²) < 4.78 is 68.2. The molecule has 4 aliphatic heterocycles. The number of aliphatic hydroxyl groups is 9. The van der Waals surface area contributed by atoms with Crippen LogP contribution in [0, 0.1) is 37.5 Å². The number of ether oxygens (including phenoxy) is 11. The van der Waals surface area contributed by atoms with E-state index in [9.17, 15) is 40.9 Å². The minimum atomic E-state index is -1.61. The lowest BCUT2D eigenvalue weighted by Gasteiger charge is -2.45. The number of benzene rings is 5. The third-order valence-corrected chi connectivity index (χ3v) is 16.3. The fourth-order valence-corrected chi connectivity index (χ4v) is 10.7. The molecule has 5 aromatic rings. The van der Waals surface area contributed by atoms with Crippen molar-refractivity contribution >= 4 is 0 Å². The van der Waals surface area contributed by atoms with E-state index in [1.54, 1.807) is 13.0 Å². The van der Waals surface area contributed by atoms with Crippen LogP contribution in [0.4, 0.5) is 0 Å². The van der Waals surface area contributed by atoms with Crippen LogP contribution in [-0.2, 0) is 53.0 Å². The van der Waals surface area contributed by atoms with E-state index in [0.29, 0.717) is 55.3 Å². The van der Waals surface area contributed by atoms with Crippen molar-refractivity contribution in [3.63, 3.8) is 0 Å². The Labute approximate surface area is 498 Å². The van der Waals surface area contributed by atoms with Crippen LogP contribution >= 0.6 is 0 Å². The third kappa shape index (κ3) is 17.5. The molecule has 0 radical (unpaired) electrons. The van der Waals surface area contributed by atoms with Crippen molar-refractivity contribution < 1.29 is 98.1 Å². The van der Waals surface area contributed by atoms with Gasteiger partial charge in [-0.15, -0.1) is 0 Å². The smallest absolute Gasteiger partial charge is 0.229 e. The Morgan fingerprint density at radius 2 is 0.800 bits per heavy atom. The van der Waals surface area contributed by atoms with Gasteiger partial charge in [-0.25, -0.2) is 0 Å². The van der Waals surface area contributed by atoms with Crippen LogP contribution < -0.4 is 18.9 Å². The van der Waals surface area contributed by atoms with Gasteiger partial charge in [0, 0.05) is 31.1 Å². The van der Waals surface area contributed by atoms with Crippen molar-refractivity contribution in [2.24, 2.45) is 23.7 Å². The van der Waals surface area contributed by atoms with Crippen molar-refractivity contribution in [2.75, 3.05) is 26.9 Å². The maximum atomic E-state index is 10.1. The Bertz CT molecular complexity index is 2700. The molecule has 0 bridgehead atoms. The molecular weight excluding hydrogens is 1100 g/mol. The zero-order chi connectivity index (χ0) is 61.3. The normalized spacial score (nSPS) is 32.8. The van der Waals surface area contributed by atoms with Gasteiger partial charge in [0.15, 0.2) is 0 Å². The van der Waals surface area contributed by atoms with Crippen LogP contribution in [0.1, 0.15) is 68.9 Å². The number of rotatable bonds is 21. The van der Waals surface area contributed by atoms with E-state index < -0.39 is 93.1 Å². The van der Waals surface area contributed by atoms with Gasteiger partial charge in [0.1, 0.15) is 84.0 Å². The molecule has 0 spiro atoms. The standard InChI is InChI=1S/C45H56O7.C19H28O12.CH4O/c1-7-39-32(4)31(3)33(5)44(50-39)49-38-24-23-30(2)40(25-38)51-45-34(6)42(47-27-36-19-13-9-14-20-36)43(48-28-37-21-15-10-16-22-37)41(52-45)29-46-26-35-17-11-8-12-18-35;1-7-2-3-8(28-18-16(26)14(24)12(22)10(5-20)30-18)4-9(7)29-19-17(27)15(25)13(23)11(6-21)31-19;1-2/h8-25,31-34,39,41-45H,7,26-29H2,1-6H3;2-4,10-27H,5-6H2,1H3;2H,1H3/t31-,32-,33?,34?,39?,41?,42+,43+,44+,45+;10?,11?,12-,13-,14+,15+,16?,17?,18-,19-;/m01./s1. The highest BCUT2D eigenvalue weighted by Crippen LogP contribution is 2.40. The molecule has 20 atom stereocenters. The highest BCUT2D eigenvalue weighted by molar-refractivity contribution is 5.41. The molecule has 0 aliphatic carbocycles. The van der Waals surface area contributed by atoms with E-state index in [2.05, 4.69) is 71.0 Å². The van der Waals surface area contributed by atoms with Crippen molar-refractivity contribution in [1.82, 2.24) is 0 Å². The summed E-state index contributed by atoms with van der Waals surface area (Å²) in [5.41, 5.74) is 4.83. The first-order valence-electron chi connectivity index (χ1n) is 29.2. The number of hydrogen-bond acceptors (Lipinski definition) is 20. The van der Waals surface area contributed by atoms with E-state index >= 15 is 0 Å². The zero-order valence-electron chi connectivity index (χ0n) is 49.6. The molecule has 0 saturated carbocycles. The van der Waals surface area contributed by atoms with Crippen LogP contribution in [0.3, 0.4) is 0 Å². The largest absolute Gasteiger partial charge is 0.465 e. The second-order valence-corrected chi connectivity index (χ2v) is 22.2. The van der Waals surface area contributed by atoms with Gasteiger partial charge in [-0.3, -0.25) is 0 Å². The van der Waals surface area contributed by atoms with E-state index in [1.807, 2.05) is 79.7 Å². The van der Waals surface area contributed by atoms with E-state index in [1.165, 1.54) is 12.1 Å². The van der Waals surface area contributed by atoms with Gasteiger partial charge < -0.3 is 98.1 Å². The van der Waals surface area contributed by atoms with Crippen molar-refractivity contribution in [1.29, 1.82) is 0 Å². The molecule has 0 amide bonds. The average Bonchev–Trinajstić information content (AvgIpc) is 3.18. The monoisotopic (exact) mass is 1190 g/mol. The summed E-state index contributed by atoms with van der Waals surface area (Å²) in [6.07, 6.45) is -15.6. The van der Waals surface area contributed by atoms with Crippen LogP contribution in [-0.4, -0.2) is 171 Å². The molecule has 4 fully saturated rings. The zero-order valence-corrected chi connectivity index (χ0v) is 49.6. The predicted molar refractivity (Wildman–Crippen MR) is 311 cm³/mol. The Morgan fingerprint density at radius 3 is 1.27 bits per heavy atom. The SMILES string of the molecule is CCC1O[C@@H](Oc2ccc(C)c(O[C@@H]3OC(COCc4ccccc4)[C@@H](OCc4ccccc4)[C@H](OCc4ccccc4)C3C)c2)C(C)[C@@H](C)[C@@H]1C.CO.Cc1ccc(O[C@@H]2OC(CO)[C@@H](O)[C@H](O)C2O)cc1O[C@@H]1OC(CO)[C@@H](O)[C@H](O)C1O. The number of aliphatic hydroxyl groups excluding tert-OH is 9. The quantitative estimate of drug-likeness (QED) is 0.0438. The van der Waals surface area contributed by atoms with Crippen LogP contribution in [0.15, 0.2) is 127 Å². The minimum Gasteiger partial charge on any atom is -0.465 e. The molecule has 20 nitrogen and oxygen atoms in total. The van der Waals surface area contributed by atoms with E-state index in [4.69, 9.17) is 57.2 Å². The van der Waals surface area contributed by atoms with Gasteiger partial charge >= 0.3 is 0 Å². The van der Waals surface area contributed by atoms with Crippen LogP contribution in [0.5, 0.6) is 23.0 Å². The summed E-state index contributed by atoms with van der Waals surface area (Å²) in [5, 5.41) is 85.3. The highest BCUT2D eigenvalue weighted by Gasteiger charge is 2.49. The van der Waals surface area contributed by atoms with Gasteiger partial charge in [-0.05, 0) is 72.1 Å². The molecule has 9 rings (SSSR count). The van der Waals surface area contributed by atoms with Gasteiger partial charge in [-0.1, -0.05) is 138 Å². The molecule has 8 unspecified atom stereocenters. The lowest BCUT2D eigenvalue weighted by molar-refractivity contribution is -0.281. The Morgan fingerprint density at radius 1 is 0.400 bits per heavy atom. The average molecular weight is 1190 g/mol. The maximum absolute atomic E-state index is 10.1. The second kappa shape index (κ2) is 32.6. The van der Waals surface area contributed by atoms with Gasteiger partial charge in [0.2, 0.25) is 25.2 Å². The molecule has 5 aromatic carbocycles. The first-order chi connectivity index (χ1) is 41.0. The number of aryl methyl sites for hydroxylation is 2. The summed E-state index contributed by atoms with van der Waals surface area (Å²) in [4.78, 5) is 0. The van der Waals surface area contributed by atoms with Crippen LogP contribution in [0.2, 0.25) is 0 Å². The van der Waals surface area contributed by atoms with E-state index in [-0.39, 0.29) is 41.8 Å². The molecule has 468 valence electrons. The number of hydrogen-bond donors (Lipinski definition) is 9. The van der Waals surface area contributed by atoms with E-state index in [0.717, 1.165) is 35.8 Å². The molecule has 4 aliphatic rings. The molecule has 85 heavy (non-hydrogen) atoms. The fourth-order valence-electron chi connectivity index (χ4n) is 10.7. The first-order valence-corrected chi connectivity index (χ1v) is 29.2. The fraction of sp³-hybridized carbons (Fsp3) is 0.538. The topological polar surface area (TPSA) is 284 Å². The molecular formula is C65H88O20. The maximum Gasteiger partial charge on any atom is 0.229 e. The Kier molecular flexibility index (Phi) is 25.8. The molecule has 4 saturated heterocycles. The lowest BCUT2D eigenvalue weighted by Crippen LogP contribution is -2.60. The molecule has 20 heteroatoms. The lowest BCUT2D eigenvalue weighted by atomic mass is 9.78. The van der Waals surface area contributed by atoms with Crippen molar-refractivity contribution in [3.8, 4) is 23.0 Å². The summed E-state index contributed by atoms with van der Waals surface area (Å²) in [7, 11) is 1.00. The molecule has 9 N–H and O–H groups in total. The van der Waals surface area contributed by atoms with Gasteiger partial charge in [-0.2, -0.15) is 0 Å². The molecule has 0 aromatic heterocycles. The summed E-state index contributed by atoms with van der Waals surface area (Å²) >= 11 is 0.